The Morgan fingerprint density at radius 1 is 1.11 bits per heavy atom. The molecule has 37 heavy (non-hydrogen) atoms. The molecule has 0 aliphatic heterocycles. The highest BCUT2D eigenvalue weighted by Crippen LogP contribution is 2.34. The summed E-state index contributed by atoms with van der Waals surface area (Å²) in [6, 6.07) is 12.7. The molecule has 3 aromatic heterocycles. The van der Waals surface area contributed by atoms with Gasteiger partial charge in [-0.2, -0.15) is 0 Å². The van der Waals surface area contributed by atoms with E-state index in [4.69, 9.17) is 28.2 Å². The molecule has 1 aliphatic carbocycles. The zero-order valence-electron chi connectivity index (χ0n) is 20.6. The number of carbonyl (C=O) groups is 1. The number of hydrogen-bond donors (Lipinski definition) is 1. The number of aromatic nitrogens is 4. The van der Waals surface area contributed by atoms with Crippen molar-refractivity contribution in [1.29, 1.82) is 0 Å². The zero-order valence-corrected chi connectivity index (χ0v) is 22.1. The molecule has 0 bridgehead atoms. The number of rotatable bonds is 8. The number of hydrogen-bond acceptors (Lipinski definition) is 5. The molecule has 0 spiro atoms. The van der Waals surface area contributed by atoms with Crippen LogP contribution in [0.1, 0.15) is 57.3 Å². The van der Waals surface area contributed by atoms with Gasteiger partial charge in [0.1, 0.15) is 0 Å². The molecule has 4 aromatic rings. The van der Waals surface area contributed by atoms with Crippen LogP contribution in [-0.2, 0) is 33.1 Å². The van der Waals surface area contributed by atoms with Crippen molar-refractivity contribution in [3.05, 3.63) is 111 Å². The van der Waals surface area contributed by atoms with Gasteiger partial charge >= 0.3 is 0 Å². The van der Waals surface area contributed by atoms with Gasteiger partial charge in [0.2, 0.25) is 0 Å². The summed E-state index contributed by atoms with van der Waals surface area (Å²) in [6.07, 6.45) is 11.9. The van der Waals surface area contributed by atoms with Crippen molar-refractivity contribution < 1.29 is 4.79 Å². The second-order valence-electron chi connectivity index (χ2n) is 9.37. The van der Waals surface area contributed by atoms with Gasteiger partial charge in [-0.25, -0.2) is 4.98 Å². The van der Waals surface area contributed by atoms with Crippen LogP contribution >= 0.6 is 23.2 Å². The summed E-state index contributed by atoms with van der Waals surface area (Å²) in [5, 5.41) is 3.38. The van der Waals surface area contributed by atoms with Gasteiger partial charge in [0.25, 0.3) is 5.91 Å². The van der Waals surface area contributed by atoms with E-state index in [1.165, 1.54) is 23.7 Å². The van der Waals surface area contributed by atoms with Crippen molar-refractivity contribution in [2.75, 3.05) is 0 Å². The summed E-state index contributed by atoms with van der Waals surface area (Å²) in [5.74, 6) is -0.329. The van der Waals surface area contributed by atoms with Gasteiger partial charge in [0, 0.05) is 51.5 Å². The fourth-order valence-corrected chi connectivity index (χ4v) is 5.48. The second kappa shape index (κ2) is 11.4. The summed E-state index contributed by atoms with van der Waals surface area (Å²) in [7, 11) is 1.99. The summed E-state index contributed by atoms with van der Waals surface area (Å²) < 4.78 is 1.98. The lowest BCUT2D eigenvalue weighted by Crippen LogP contribution is -2.31. The maximum absolute atomic E-state index is 12.7. The average Bonchev–Trinajstić information content (AvgIpc) is 3.31. The predicted octanol–water partition coefficient (Wildman–Crippen LogP) is 5.53. The highest BCUT2D eigenvalue weighted by Gasteiger charge is 2.28. The van der Waals surface area contributed by atoms with Crippen LogP contribution in [0.5, 0.6) is 0 Å². The Morgan fingerprint density at radius 3 is 2.70 bits per heavy atom. The number of nitrogens with zero attached hydrogens (tertiary/aromatic N) is 5. The number of benzene rings is 1. The van der Waals surface area contributed by atoms with E-state index in [0.717, 1.165) is 49.2 Å². The molecule has 9 heteroatoms. The first-order chi connectivity index (χ1) is 18.0. The molecule has 1 unspecified atom stereocenters. The number of pyridine rings is 2. The zero-order chi connectivity index (χ0) is 25.8. The van der Waals surface area contributed by atoms with Gasteiger partial charge in [-0.3, -0.25) is 19.7 Å². The Hall–Kier alpha value is -3.26. The molecule has 1 amide bonds. The maximum Gasteiger partial charge on any atom is 0.254 e. The number of fused-ring (bicyclic) bond motifs is 1. The van der Waals surface area contributed by atoms with Crippen LogP contribution in [0.25, 0.3) is 0 Å². The van der Waals surface area contributed by atoms with Gasteiger partial charge in [-0.15, -0.1) is 0 Å². The lowest BCUT2D eigenvalue weighted by atomic mass is 9.90. The van der Waals surface area contributed by atoms with E-state index >= 15 is 0 Å². The third kappa shape index (κ3) is 6.01. The third-order valence-corrected chi connectivity index (χ3v) is 7.21. The Kier molecular flexibility index (Phi) is 7.84. The molecule has 7 nitrogen and oxygen atoms in total. The van der Waals surface area contributed by atoms with Crippen LogP contribution in [0, 0.1) is 0 Å². The van der Waals surface area contributed by atoms with Crippen LogP contribution in [0.3, 0.4) is 0 Å². The molecule has 0 saturated carbocycles. The summed E-state index contributed by atoms with van der Waals surface area (Å²) in [5.41, 5.74) is 5.91. The van der Waals surface area contributed by atoms with Gasteiger partial charge in [-0.05, 0) is 42.0 Å². The molecule has 190 valence electrons. The quantitative estimate of drug-likeness (QED) is 0.321. The van der Waals surface area contributed by atoms with Crippen molar-refractivity contribution in [3.8, 4) is 0 Å². The van der Waals surface area contributed by atoms with E-state index in [2.05, 4.69) is 44.6 Å². The summed E-state index contributed by atoms with van der Waals surface area (Å²) in [6.45, 7) is 1.82. The topological polar surface area (TPSA) is 75.9 Å². The molecule has 0 fully saturated rings. The fourth-order valence-electron chi connectivity index (χ4n) is 4.94. The van der Waals surface area contributed by atoms with Crippen molar-refractivity contribution in [1.82, 2.24) is 29.7 Å². The van der Waals surface area contributed by atoms with Crippen LogP contribution in [0.15, 0.2) is 67.5 Å². The molecular weight excluding hydrogens is 507 g/mol. The van der Waals surface area contributed by atoms with E-state index in [1.807, 2.05) is 42.3 Å². The molecule has 0 radical (unpaired) electrons. The van der Waals surface area contributed by atoms with Crippen LogP contribution in [0.4, 0.5) is 0 Å². The molecule has 3 heterocycles. The van der Waals surface area contributed by atoms with E-state index in [1.54, 1.807) is 0 Å². The van der Waals surface area contributed by atoms with Gasteiger partial charge in [0.15, 0.2) is 0 Å². The lowest BCUT2D eigenvalue weighted by Gasteiger charge is -2.34. The highest BCUT2D eigenvalue weighted by atomic mass is 35.5. The van der Waals surface area contributed by atoms with E-state index in [0.29, 0.717) is 6.54 Å². The Labute approximate surface area is 226 Å². The van der Waals surface area contributed by atoms with Crippen LogP contribution < -0.4 is 5.32 Å². The minimum absolute atomic E-state index is 0.214. The molecule has 5 rings (SSSR count). The van der Waals surface area contributed by atoms with E-state index < -0.39 is 0 Å². The number of amides is 1. The third-order valence-electron chi connectivity index (χ3n) is 6.64. The minimum Gasteiger partial charge on any atom is -0.348 e. The summed E-state index contributed by atoms with van der Waals surface area (Å²) in [4.78, 5) is 28.5. The molecule has 1 N–H and O–H groups in total. The maximum atomic E-state index is 12.7. The molecular formula is C28H28Cl2N6O. The number of nitrogens with one attached hydrogen (secondary N) is 1. The second-order valence-corrected chi connectivity index (χ2v) is 10.2. The van der Waals surface area contributed by atoms with Crippen LogP contribution in [-0.4, -0.2) is 30.3 Å². The summed E-state index contributed by atoms with van der Waals surface area (Å²) >= 11 is 12.3. The molecule has 1 aromatic carbocycles. The predicted molar refractivity (Wildman–Crippen MR) is 144 cm³/mol. The van der Waals surface area contributed by atoms with E-state index in [-0.39, 0.29) is 27.6 Å². The first kappa shape index (κ1) is 25.4. The molecule has 1 atom stereocenters. The Bertz CT molecular complexity index is 1380. The molecule has 1 aliphatic rings. The number of aryl methyl sites for hydroxylation is 2. The normalized spacial score (nSPS) is 15.0. The highest BCUT2D eigenvalue weighted by molar-refractivity contribution is 6.39. The monoisotopic (exact) mass is 534 g/mol. The minimum atomic E-state index is -0.329. The van der Waals surface area contributed by atoms with Crippen LogP contribution in [0.2, 0.25) is 10.0 Å². The smallest absolute Gasteiger partial charge is 0.254 e. The van der Waals surface area contributed by atoms with Crippen molar-refractivity contribution >= 4 is 29.1 Å². The lowest BCUT2D eigenvalue weighted by molar-refractivity contribution is 0.0951. The van der Waals surface area contributed by atoms with E-state index in [9.17, 15) is 4.79 Å². The fraction of sp³-hybridized carbons (Fsp3) is 0.286. The average molecular weight is 535 g/mol. The van der Waals surface area contributed by atoms with Gasteiger partial charge < -0.3 is 9.88 Å². The van der Waals surface area contributed by atoms with Crippen molar-refractivity contribution in [2.24, 2.45) is 7.05 Å². The Balaban J connectivity index is 1.35. The molecule has 0 saturated heterocycles. The largest absolute Gasteiger partial charge is 0.348 e. The first-order valence-electron chi connectivity index (χ1n) is 12.3. The van der Waals surface area contributed by atoms with Gasteiger partial charge in [0.05, 0.1) is 39.4 Å². The first-order valence-corrected chi connectivity index (χ1v) is 13.0. The van der Waals surface area contributed by atoms with Gasteiger partial charge in [-0.1, -0.05) is 53.5 Å². The standard InChI is InChI=1S/C28H28Cl2N6O/c1-35-16-22(34-18-35)17-36(25-9-3-7-21-8-4-10-32-27(21)25)15-20-6-2-5-19(11-20)12-33-28(37)26-23(29)13-31-14-24(26)30/h2,4-6,8,10-11,13-14,16,18,25H,3,7,9,12,15,17H2,1H3,(H,33,37). The van der Waals surface area contributed by atoms with Crippen molar-refractivity contribution in [2.45, 2.75) is 44.9 Å². The number of halogens is 2. The SMILES string of the molecule is Cn1cnc(CN(Cc2cccc(CNC(=O)c3c(Cl)cncc3Cl)c2)C2CCCc3cccnc32)c1. The van der Waals surface area contributed by atoms with Crippen molar-refractivity contribution in [3.63, 3.8) is 0 Å². The Morgan fingerprint density at radius 2 is 1.92 bits per heavy atom. The number of carbonyl (C=O) groups excluding carboxylic acids is 1. The number of imidazole rings is 1.